The first kappa shape index (κ1) is 24.1. The summed E-state index contributed by atoms with van der Waals surface area (Å²) in [6, 6.07) is 3.94. The molecule has 1 aliphatic rings. The lowest BCUT2D eigenvalue weighted by molar-refractivity contribution is -0.135. The van der Waals surface area contributed by atoms with Gasteiger partial charge in [0.15, 0.2) is 5.96 Å². The highest BCUT2D eigenvalue weighted by molar-refractivity contribution is 14.0. The van der Waals surface area contributed by atoms with Crippen molar-refractivity contribution in [3.8, 4) is 0 Å². The Bertz CT molecular complexity index is 531. The molecule has 0 aliphatic carbocycles. The highest BCUT2D eigenvalue weighted by Crippen LogP contribution is 2.25. The second-order valence-electron chi connectivity index (χ2n) is 6.49. The van der Waals surface area contributed by atoms with Gasteiger partial charge < -0.3 is 15.1 Å². The molecule has 0 bridgehead atoms. The average Bonchev–Trinajstić information content (AvgIpc) is 3.27. The van der Waals surface area contributed by atoms with Crippen LogP contribution in [0, 0.1) is 0 Å². The normalized spacial score (nSPS) is 16.8. The van der Waals surface area contributed by atoms with Gasteiger partial charge in [-0.15, -0.1) is 24.0 Å². The number of nitrogens with one attached hydrogen (secondary N) is 2. The summed E-state index contributed by atoms with van der Waals surface area (Å²) in [6.07, 6.45) is -0.206. The molecule has 1 aliphatic heterocycles. The van der Waals surface area contributed by atoms with E-state index in [0.29, 0.717) is 32.0 Å². The smallest absolute Gasteiger partial charge is 0.389 e. The first-order valence-electron chi connectivity index (χ1n) is 9.36. The number of halogens is 4. The molecule has 1 unspecified atom stereocenters. The molecule has 2 heterocycles. The van der Waals surface area contributed by atoms with Crippen LogP contribution < -0.4 is 10.6 Å². The lowest BCUT2D eigenvalue weighted by Crippen LogP contribution is -2.38. The van der Waals surface area contributed by atoms with Crippen molar-refractivity contribution in [2.24, 2.45) is 4.99 Å². The van der Waals surface area contributed by atoms with Crippen LogP contribution in [0.2, 0.25) is 0 Å². The van der Waals surface area contributed by atoms with Gasteiger partial charge in [-0.3, -0.25) is 9.89 Å². The van der Waals surface area contributed by atoms with E-state index in [1.165, 1.54) is 12.8 Å². The maximum absolute atomic E-state index is 12.2. The van der Waals surface area contributed by atoms with Crippen molar-refractivity contribution in [2.75, 3.05) is 32.7 Å². The fourth-order valence-electron chi connectivity index (χ4n) is 3.10. The molecule has 2 rings (SSSR count). The molecule has 1 aromatic rings. The number of rotatable bonds is 9. The molecule has 1 saturated heterocycles. The Balaban J connectivity index is 0.00000364. The first-order valence-corrected chi connectivity index (χ1v) is 9.36. The summed E-state index contributed by atoms with van der Waals surface area (Å²) >= 11 is 0. The van der Waals surface area contributed by atoms with Gasteiger partial charge in [0.1, 0.15) is 5.76 Å². The van der Waals surface area contributed by atoms with Gasteiger partial charge in [0, 0.05) is 19.5 Å². The topological polar surface area (TPSA) is 52.8 Å². The Morgan fingerprint density at radius 2 is 2.00 bits per heavy atom. The summed E-state index contributed by atoms with van der Waals surface area (Å²) < 4.78 is 42.1. The third kappa shape index (κ3) is 9.18. The first-order chi connectivity index (χ1) is 12.5. The molecule has 0 saturated carbocycles. The predicted octanol–water partition coefficient (Wildman–Crippen LogP) is 4.32. The van der Waals surface area contributed by atoms with E-state index < -0.39 is 12.6 Å². The van der Waals surface area contributed by atoms with Crippen molar-refractivity contribution in [2.45, 2.75) is 51.2 Å². The van der Waals surface area contributed by atoms with Crippen molar-refractivity contribution in [3.05, 3.63) is 24.2 Å². The van der Waals surface area contributed by atoms with Crippen molar-refractivity contribution < 1.29 is 17.6 Å². The third-order valence-corrected chi connectivity index (χ3v) is 4.40. The van der Waals surface area contributed by atoms with Gasteiger partial charge in [-0.1, -0.05) is 0 Å². The third-order valence-electron chi connectivity index (χ3n) is 4.40. The number of likely N-dealkylation sites (tertiary alicyclic amines) is 1. The molecule has 1 atom stereocenters. The van der Waals surface area contributed by atoms with Gasteiger partial charge in [0.25, 0.3) is 0 Å². The lowest BCUT2D eigenvalue weighted by atomic mass is 10.2. The quantitative estimate of drug-likeness (QED) is 0.229. The van der Waals surface area contributed by atoms with Gasteiger partial charge >= 0.3 is 6.18 Å². The summed E-state index contributed by atoms with van der Waals surface area (Å²) in [5, 5.41) is 6.27. The van der Waals surface area contributed by atoms with Gasteiger partial charge in [-0.05, 0) is 57.8 Å². The Hall–Kier alpha value is -0.970. The van der Waals surface area contributed by atoms with Crippen LogP contribution in [0.25, 0.3) is 0 Å². The Morgan fingerprint density at radius 3 is 2.59 bits per heavy atom. The molecule has 1 fully saturated rings. The van der Waals surface area contributed by atoms with Crippen molar-refractivity contribution in [3.63, 3.8) is 0 Å². The van der Waals surface area contributed by atoms with E-state index in [2.05, 4.69) is 20.5 Å². The molecular formula is C18H30F3IN4O. The molecule has 0 spiro atoms. The summed E-state index contributed by atoms with van der Waals surface area (Å²) in [4.78, 5) is 7.00. The maximum Gasteiger partial charge on any atom is 0.389 e. The Labute approximate surface area is 176 Å². The number of nitrogens with zero attached hydrogens (tertiary/aromatic N) is 2. The number of guanidine groups is 1. The largest absolute Gasteiger partial charge is 0.468 e. The number of unbranched alkanes of at least 4 members (excludes halogenated alkanes) is 1. The van der Waals surface area contributed by atoms with E-state index in [1.807, 2.05) is 19.1 Å². The van der Waals surface area contributed by atoms with Crippen molar-refractivity contribution >= 4 is 29.9 Å². The molecule has 0 radical (unpaired) electrons. The second kappa shape index (κ2) is 12.5. The van der Waals surface area contributed by atoms with E-state index in [0.717, 1.165) is 18.8 Å². The number of aliphatic imine (C=N–C) groups is 1. The molecule has 156 valence electrons. The van der Waals surface area contributed by atoms with Gasteiger partial charge in [0.2, 0.25) is 0 Å². The fourth-order valence-corrected chi connectivity index (χ4v) is 3.10. The van der Waals surface area contributed by atoms with Crippen LogP contribution >= 0.6 is 24.0 Å². The number of hydrogen-bond donors (Lipinski definition) is 2. The summed E-state index contributed by atoms with van der Waals surface area (Å²) in [5.41, 5.74) is 0. The van der Waals surface area contributed by atoms with E-state index in [9.17, 15) is 13.2 Å². The second-order valence-corrected chi connectivity index (χ2v) is 6.49. The molecule has 1 aromatic heterocycles. The van der Waals surface area contributed by atoms with Crippen LogP contribution in [0.4, 0.5) is 13.2 Å². The predicted molar refractivity (Wildman–Crippen MR) is 112 cm³/mol. The van der Waals surface area contributed by atoms with E-state index in [4.69, 9.17) is 4.42 Å². The molecular weight excluding hydrogens is 472 g/mol. The SMILES string of the molecule is CCNC(=NCC(c1ccco1)N1CCCC1)NCCCCC(F)(F)F.I. The fraction of sp³-hybridized carbons (Fsp3) is 0.722. The van der Waals surface area contributed by atoms with E-state index in [-0.39, 0.29) is 36.4 Å². The molecule has 2 N–H and O–H groups in total. The maximum atomic E-state index is 12.2. The minimum Gasteiger partial charge on any atom is -0.468 e. The zero-order chi connectivity index (χ0) is 18.8. The molecule has 9 heteroatoms. The summed E-state index contributed by atoms with van der Waals surface area (Å²) in [5.74, 6) is 1.53. The molecule has 0 amide bonds. The van der Waals surface area contributed by atoms with Gasteiger partial charge in [-0.25, -0.2) is 0 Å². The van der Waals surface area contributed by atoms with Crippen LogP contribution in [0.1, 0.15) is 50.8 Å². The molecule has 27 heavy (non-hydrogen) atoms. The Morgan fingerprint density at radius 1 is 1.26 bits per heavy atom. The van der Waals surface area contributed by atoms with Crippen LogP contribution in [0.15, 0.2) is 27.8 Å². The van der Waals surface area contributed by atoms with Gasteiger partial charge in [0.05, 0.1) is 18.8 Å². The minimum atomic E-state index is -4.08. The highest BCUT2D eigenvalue weighted by Gasteiger charge is 2.26. The monoisotopic (exact) mass is 502 g/mol. The Kier molecular flexibility index (Phi) is 11.1. The van der Waals surface area contributed by atoms with Crippen LogP contribution in [-0.4, -0.2) is 49.8 Å². The number of hydrogen-bond acceptors (Lipinski definition) is 3. The zero-order valence-electron chi connectivity index (χ0n) is 15.7. The molecule has 0 aromatic carbocycles. The van der Waals surface area contributed by atoms with E-state index in [1.54, 1.807) is 6.26 Å². The number of alkyl halides is 3. The minimum absolute atomic E-state index is 0. The zero-order valence-corrected chi connectivity index (χ0v) is 18.1. The van der Waals surface area contributed by atoms with Crippen LogP contribution in [-0.2, 0) is 0 Å². The lowest BCUT2D eigenvalue weighted by Gasteiger charge is -2.24. The summed E-state index contributed by atoms with van der Waals surface area (Å²) in [6.45, 7) is 5.74. The molecule has 5 nitrogen and oxygen atoms in total. The van der Waals surface area contributed by atoms with Crippen LogP contribution in [0.3, 0.4) is 0 Å². The van der Waals surface area contributed by atoms with Crippen LogP contribution in [0.5, 0.6) is 0 Å². The van der Waals surface area contributed by atoms with Gasteiger partial charge in [-0.2, -0.15) is 13.2 Å². The number of furan rings is 1. The average molecular weight is 502 g/mol. The highest BCUT2D eigenvalue weighted by atomic mass is 127. The van der Waals surface area contributed by atoms with E-state index >= 15 is 0 Å². The standard InChI is InChI=1S/C18H29F3N4O.HI/c1-2-22-17(23-10-4-3-9-18(19,20)21)24-14-15(16-8-7-13-26-16)25-11-5-6-12-25;/h7-8,13,15H,2-6,9-12,14H2,1H3,(H2,22,23,24);1H. The summed E-state index contributed by atoms with van der Waals surface area (Å²) in [7, 11) is 0. The van der Waals surface area contributed by atoms with Crippen molar-refractivity contribution in [1.29, 1.82) is 0 Å². The van der Waals surface area contributed by atoms with Crippen molar-refractivity contribution in [1.82, 2.24) is 15.5 Å².